The Morgan fingerprint density at radius 3 is 2.70 bits per heavy atom. The van der Waals surface area contributed by atoms with Crippen LogP contribution in [0.3, 0.4) is 0 Å². The second-order valence-electron chi connectivity index (χ2n) is 4.29. The predicted molar refractivity (Wildman–Crippen MR) is 70.4 cm³/mol. The highest BCUT2D eigenvalue weighted by Gasteiger charge is 2.31. The molecule has 2 N–H and O–H groups in total. The summed E-state index contributed by atoms with van der Waals surface area (Å²) in [5.74, 6) is 0. The van der Waals surface area contributed by atoms with Gasteiger partial charge in [-0.05, 0) is 24.6 Å². The summed E-state index contributed by atoms with van der Waals surface area (Å²) >= 11 is 6.01. The molecule has 0 fully saturated rings. The third-order valence-electron chi connectivity index (χ3n) is 3.00. The minimum absolute atomic E-state index is 0.344. The van der Waals surface area contributed by atoms with Crippen molar-refractivity contribution in [3.8, 4) is 0 Å². The van der Waals surface area contributed by atoms with Gasteiger partial charge in [-0.3, -0.25) is 4.68 Å². The molecule has 0 saturated heterocycles. The summed E-state index contributed by atoms with van der Waals surface area (Å²) in [5, 5.41) is 4.38. The van der Waals surface area contributed by atoms with Crippen LogP contribution in [-0.4, -0.2) is 9.78 Å². The Morgan fingerprint density at radius 1 is 1.40 bits per heavy atom. The fourth-order valence-corrected chi connectivity index (χ4v) is 2.26. The van der Waals surface area contributed by atoms with Crippen molar-refractivity contribution in [3.63, 3.8) is 0 Å². The molecule has 0 bridgehead atoms. The van der Waals surface area contributed by atoms with E-state index < -0.39 is 17.8 Å². The first-order valence-electron chi connectivity index (χ1n) is 5.98. The highest BCUT2D eigenvalue weighted by molar-refractivity contribution is 6.31. The zero-order chi connectivity index (χ0) is 14.9. The average Bonchev–Trinajstić information content (AvgIpc) is 2.78. The van der Waals surface area contributed by atoms with Crippen molar-refractivity contribution in [2.24, 2.45) is 5.73 Å². The maximum absolute atomic E-state index is 12.7. The molecular weight excluding hydrogens is 291 g/mol. The Labute approximate surface area is 119 Å². The zero-order valence-corrected chi connectivity index (χ0v) is 11.4. The highest BCUT2D eigenvalue weighted by atomic mass is 35.5. The molecule has 1 heterocycles. The van der Waals surface area contributed by atoms with Crippen LogP contribution in [0.25, 0.3) is 0 Å². The quantitative estimate of drug-likeness (QED) is 0.941. The normalized spacial score (nSPS) is 13.5. The molecule has 2 rings (SSSR count). The Bertz CT molecular complexity index is 607. The van der Waals surface area contributed by atoms with Crippen LogP contribution in [0.5, 0.6) is 0 Å². The molecule has 3 nitrogen and oxygen atoms in total. The van der Waals surface area contributed by atoms with Crippen molar-refractivity contribution in [2.75, 3.05) is 0 Å². The van der Waals surface area contributed by atoms with Crippen molar-refractivity contribution >= 4 is 11.6 Å². The number of aromatic nitrogens is 2. The Morgan fingerprint density at radius 2 is 2.10 bits per heavy atom. The first-order chi connectivity index (χ1) is 9.34. The van der Waals surface area contributed by atoms with Crippen LogP contribution in [-0.2, 0) is 12.7 Å². The Balaban J connectivity index is 2.43. The van der Waals surface area contributed by atoms with E-state index in [4.69, 9.17) is 17.3 Å². The first kappa shape index (κ1) is 14.9. The third-order valence-corrected chi connectivity index (χ3v) is 3.29. The topological polar surface area (TPSA) is 43.8 Å². The van der Waals surface area contributed by atoms with Gasteiger partial charge in [-0.25, -0.2) is 0 Å². The van der Waals surface area contributed by atoms with E-state index >= 15 is 0 Å². The van der Waals surface area contributed by atoms with Gasteiger partial charge in [0, 0.05) is 6.54 Å². The lowest BCUT2D eigenvalue weighted by molar-refractivity contribution is -0.137. The monoisotopic (exact) mass is 303 g/mol. The molecule has 1 aromatic heterocycles. The van der Waals surface area contributed by atoms with Gasteiger partial charge in [0.25, 0.3) is 0 Å². The summed E-state index contributed by atoms with van der Waals surface area (Å²) in [6, 6.07) is 4.16. The van der Waals surface area contributed by atoms with Crippen LogP contribution >= 0.6 is 11.6 Å². The second-order valence-corrected chi connectivity index (χ2v) is 4.70. The number of aryl methyl sites for hydroxylation is 1. The molecule has 0 radical (unpaired) electrons. The molecule has 1 atom stereocenters. The van der Waals surface area contributed by atoms with Gasteiger partial charge in [0.15, 0.2) is 0 Å². The number of rotatable bonds is 3. The van der Waals surface area contributed by atoms with Gasteiger partial charge in [-0.2, -0.15) is 18.3 Å². The first-order valence-corrected chi connectivity index (χ1v) is 6.36. The van der Waals surface area contributed by atoms with Crippen LogP contribution in [0.4, 0.5) is 13.2 Å². The maximum atomic E-state index is 12.7. The molecule has 0 aliphatic carbocycles. The van der Waals surface area contributed by atoms with Gasteiger partial charge in [-0.1, -0.05) is 23.7 Å². The number of hydrogen-bond donors (Lipinski definition) is 1. The van der Waals surface area contributed by atoms with Crippen LogP contribution < -0.4 is 5.73 Å². The van der Waals surface area contributed by atoms with E-state index in [2.05, 4.69) is 5.10 Å². The van der Waals surface area contributed by atoms with Crippen molar-refractivity contribution in [1.29, 1.82) is 0 Å². The molecule has 2 aromatic rings. The minimum Gasteiger partial charge on any atom is -0.319 e. The molecule has 1 unspecified atom stereocenters. The molecule has 108 valence electrons. The maximum Gasteiger partial charge on any atom is 0.416 e. The van der Waals surface area contributed by atoms with Gasteiger partial charge >= 0.3 is 6.18 Å². The van der Waals surface area contributed by atoms with E-state index in [0.29, 0.717) is 22.8 Å². The predicted octanol–water partition coefficient (Wildman–Crippen LogP) is 3.62. The van der Waals surface area contributed by atoms with Gasteiger partial charge in [0.05, 0.1) is 28.5 Å². The lowest BCUT2D eigenvalue weighted by Gasteiger charge is -2.16. The van der Waals surface area contributed by atoms with Gasteiger partial charge in [0.1, 0.15) is 0 Å². The highest BCUT2D eigenvalue weighted by Crippen LogP contribution is 2.32. The van der Waals surface area contributed by atoms with E-state index in [1.807, 2.05) is 6.92 Å². The smallest absolute Gasteiger partial charge is 0.319 e. The number of halogens is 4. The van der Waals surface area contributed by atoms with Crippen molar-refractivity contribution in [1.82, 2.24) is 9.78 Å². The second kappa shape index (κ2) is 5.46. The van der Waals surface area contributed by atoms with E-state index in [-0.39, 0.29) is 0 Å². The largest absolute Gasteiger partial charge is 0.416 e. The van der Waals surface area contributed by atoms with Gasteiger partial charge in [0.2, 0.25) is 0 Å². The summed E-state index contributed by atoms with van der Waals surface area (Å²) in [6.45, 7) is 2.39. The number of nitrogens with two attached hydrogens (primary N) is 1. The molecule has 0 spiro atoms. The van der Waals surface area contributed by atoms with Crippen LogP contribution in [0.1, 0.15) is 29.8 Å². The Hall–Kier alpha value is -1.53. The molecule has 0 aliphatic rings. The Kier molecular flexibility index (Phi) is 4.06. The van der Waals surface area contributed by atoms with E-state index in [0.717, 1.165) is 12.1 Å². The molecule has 0 aliphatic heterocycles. The lowest BCUT2D eigenvalue weighted by Crippen LogP contribution is -2.18. The van der Waals surface area contributed by atoms with E-state index in [9.17, 15) is 13.2 Å². The number of nitrogens with zero attached hydrogens (tertiary/aromatic N) is 2. The summed E-state index contributed by atoms with van der Waals surface area (Å²) in [7, 11) is 0. The average molecular weight is 304 g/mol. The fourth-order valence-electron chi connectivity index (χ4n) is 2.00. The molecule has 20 heavy (non-hydrogen) atoms. The molecular formula is C13H13ClF3N3. The summed E-state index contributed by atoms with van der Waals surface area (Å²) in [5.41, 5.74) is 6.16. The number of benzene rings is 1. The fraction of sp³-hybridized carbons (Fsp3) is 0.308. The number of hydrogen-bond acceptors (Lipinski definition) is 2. The van der Waals surface area contributed by atoms with E-state index in [1.54, 1.807) is 10.7 Å². The zero-order valence-electron chi connectivity index (χ0n) is 10.7. The lowest BCUT2D eigenvalue weighted by atomic mass is 10.0. The standard InChI is InChI=1S/C13H13ClF3N3/c1-2-20-12(10(14)7-19-20)11(18)8-4-3-5-9(6-8)13(15,16)17/h3-7,11H,2,18H2,1H3. The summed E-state index contributed by atoms with van der Waals surface area (Å²) in [4.78, 5) is 0. The van der Waals surface area contributed by atoms with Gasteiger partial charge < -0.3 is 5.73 Å². The molecule has 0 amide bonds. The summed E-state index contributed by atoms with van der Waals surface area (Å²) < 4.78 is 39.7. The summed E-state index contributed by atoms with van der Waals surface area (Å²) in [6.07, 6.45) is -2.96. The third kappa shape index (κ3) is 2.81. The van der Waals surface area contributed by atoms with Gasteiger partial charge in [-0.15, -0.1) is 0 Å². The molecule has 0 saturated carbocycles. The van der Waals surface area contributed by atoms with Crippen molar-refractivity contribution < 1.29 is 13.2 Å². The molecule has 1 aromatic carbocycles. The van der Waals surface area contributed by atoms with E-state index in [1.165, 1.54) is 12.3 Å². The van der Waals surface area contributed by atoms with Crippen LogP contribution in [0.2, 0.25) is 5.02 Å². The number of alkyl halides is 3. The minimum atomic E-state index is -4.40. The SMILES string of the molecule is CCn1ncc(Cl)c1C(N)c1cccc(C(F)(F)F)c1. The van der Waals surface area contributed by atoms with Crippen LogP contribution in [0, 0.1) is 0 Å². The van der Waals surface area contributed by atoms with Crippen molar-refractivity contribution in [2.45, 2.75) is 25.7 Å². The van der Waals surface area contributed by atoms with Crippen LogP contribution in [0.15, 0.2) is 30.5 Å². The molecule has 7 heteroatoms. The van der Waals surface area contributed by atoms with Crippen molar-refractivity contribution in [3.05, 3.63) is 52.3 Å².